The second-order valence-electron chi connectivity index (χ2n) is 5.88. The van der Waals surface area contributed by atoms with Crippen LogP contribution in [0.25, 0.3) is 5.57 Å². The molecule has 1 aliphatic heterocycles. The molecule has 2 amide bonds. The molecular weight excluding hydrogens is 344 g/mol. The van der Waals surface area contributed by atoms with Crippen LogP contribution in [0.5, 0.6) is 0 Å². The molecule has 0 spiro atoms. The summed E-state index contributed by atoms with van der Waals surface area (Å²) in [6, 6.07) is 22.4. The van der Waals surface area contributed by atoms with Gasteiger partial charge in [0.15, 0.2) is 0 Å². The summed E-state index contributed by atoms with van der Waals surface area (Å²) in [5.74, 6) is -0.600. The molecule has 0 aliphatic carbocycles. The van der Waals surface area contributed by atoms with Gasteiger partial charge in [-0.2, -0.15) is 0 Å². The fourth-order valence-electron chi connectivity index (χ4n) is 3.06. The van der Waals surface area contributed by atoms with Gasteiger partial charge in [0.05, 0.1) is 11.3 Å². The van der Waals surface area contributed by atoms with Crippen LogP contribution in [0.3, 0.4) is 0 Å². The highest BCUT2D eigenvalue weighted by molar-refractivity contribution is 7.11. The quantitative estimate of drug-likeness (QED) is 0.656. The predicted molar refractivity (Wildman–Crippen MR) is 105 cm³/mol. The van der Waals surface area contributed by atoms with Crippen LogP contribution in [0, 0.1) is 0 Å². The van der Waals surface area contributed by atoms with E-state index in [4.69, 9.17) is 0 Å². The minimum Gasteiger partial charge on any atom is -0.339 e. The summed E-state index contributed by atoms with van der Waals surface area (Å²) in [5, 5.41) is 1.91. The van der Waals surface area contributed by atoms with Crippen LogP contribution in [-0.4, -0.2) is 18.9 Å². The van der Waals surface area contributed by atoms with Crippen LogP contribution >= 0.6 is 11.3 Å². The van der Waals surface area contributed by atoms with Crippen LogP contribution in [0.4, 0.5) is 11.4 Å². The first kappa shape index (κ1) is 16.3. The SMILES string of the molecule is CN(C1=C(c2cccs2)C(=O)N(c2ccccc2)C1=O)c1ccccc1. The topological polar surface area (TPSA) is 40.6 Å². The Kier molecular flexibility index (Phi) is 4.14. The van der Waals surface area contributed by atoms with E-state index in [9.17, 15) is 9.59 Å². The summed E-state index contributed by atoms with van der Waals surface area (Å²) in [7, 11) is 1.82. The van der Waals surface area contributed by atoms with Gasteiger partial charge in [0.1, 0.15) is 5.70 Å². The highest BCUT2D eigenvalue weighted by Crippen LogP contribution is 2.37. The van der Waals surface area contributed by atoms with E-state index in [0.717, 1.165) is 10.6 Å². The second-order valence-corrected chi connectivity index (χ2v) is 6.82. The summed E-state index contributed by atoms with van der Waals surface area (Å²) in [4.78, 5) is 30.3. The predicted octanol–water partition coefficient (Wildman–Crippen LogP) is 4.17. The molecule has 0 fully saturated rings. The van der Waals surface area contributed by atoms with E-state index >= 15 is 0 Å². The van der Waals surface area contributed by atoms with Gasteiger partial charge in [0.2, 0.25) is 0 Å². The normalized spacial score (nSPS) is 14.3. The van der Waals surface area contributed by atoms with Crippen molar-refractivity contribution in [2.75, 3.05) is 16.8 Å². The van der Waals surface area contributed by atoms with Crippen molar-refractivity contribution in [3.05, 3.63) is 88.8 Å². The highest BCUT2D eigenvalue weighted by Gasteiger charge is 2.42. The molecule has 4 nitrogen and oxygen atoms in total. The first-order valence-electron chi connectivity index (χ1n) is 8.19. The summed E-state index contributed by atoms with van der Waals surface area (Å²) in [6.45, 7) is 0. The molecule has 0 saturated heterocycles. The Bertz CT molecular complexity index is 979. The van der Waals surface area contributed by atoms with Gasteiger partial charge < -0.3 is 4.90 Å². The maximum absolute atomic E-state index is 13.2. The van der Waals surface area contributed by atoms with Crippen LogP contribution in [-0.2, 0) is 9.59 Å². The largest absolute Gasteiger partial charge is 0.339 e. The highest BCUT2D eigenvalue weighted by atomic mass is 32.1. The first-order chi connectivity index (χ1) is 12.7. The minimum atomic E-state index is -0.309. The number of carbonyl (C=O) groups excluding carboxylic acids is 2. The molecule has 0 saturated carbocycles. The maximum atomic E-state index is 13.2. The third-order valence-electron chi connectivity index (χ3n) is 4.32. The number of hydrogen-bond donors (Lipinski definition) is 0. The van der Waals surface area contributed by atoms with Crippen molar-refractivity contribution in [2.24, 2.45) is 0 Å². The Balaban J connectivity index is 1.86. The summed E-state index contributed by atoms with van der Waals surface area (Å²) >= 11 is 1.46. The summed E-state index contributed by atoms with van der Waals surface area (Å²) in [5.41, 5.74) is 2.27. The molecule has 2 heterocycles. The number of amides is 2. The number of thiophene rings is 1. The fourth-order valence-corrected chi connectivity index (χ4v) is 3.83. The lowest BCUT2D eigenvalue weighted by Gasteiger charge is -2.21. The van der Waals surface area contributed by atoms with Crippen molar-refractivity contribution < 1.29 is 9.59 Å². The first-order valence-corrected chi connectivity index (χ1v) is 9.07. The van der Waals surface area contributed by atoms with Gasteiger partial charge in [-0.15, -0.1) is 11.3 Å². The Morgan fingerprint density at radius 1 is 0.808 bits per heavy atom. The van der Waals surface area contributed by atoms with Gasteiger partial charge in [-0.25, -0.2) is 4.90 Å². The van der Waals surface area contributed by atoms with Gasteiger partial charge in [-0.1, -0.05) is 42.5 Å². The van der Waals surface area contributed by atoms with Crippen LogP contribution in [0.15, 0.2) is 83.9 Å². The van der Waals surface area contributed by atoms with Crippen molar-refractivity contribution in [3.63, 3.8) is 0 Å². The van der Waals surface area contributed by atoms with Crippen molar-refractivity contribution >= 4 is 40.1 Å². The van der Waals surface area contributed by atoms with Crippen LogP contribution in [0.2, 0.25) is 0 Å². The molecule has 1 aromatic heterocycles. The number of para-hydroxylation sites is 2. The van der Waals surface area contributed by atoms with Gasteiger partial charge in [0.25, 0.3) is 11.8 Å². The minimum absolute atomic E-state index is 0.290. The smallest absolute Gasteiger partial charge is 0.282 e. The zero-order valence-corrected chi connectivity index (χ0v) is 14.9. The third kappa shape index (κ3) is 2.62. The Morgan fingerprint density at radius 2 is 1.46 bits per heavy atom. The lowest BCUT2D eigenvalue weighted by atomic mass is 10.1. The molecule has 26 heavy (non-hydrogen) atoms. The molecule has 0 radical (unpaired) electrons. The van der Waals surface area contributed by atoms with Crippen molar-refractivity contribution in [1.29, 1.82) is 0 Å². The number of rotatable bonds is 4. The van der Waals surface area contributed by atoms with Gasteiger partial charge in [0, 0.05) is 17.6 Å². The fraction of sp³-hybridized carbons (Fsp3) is 0.0476. The van der Waals surface area contributed by atoms with Crippen LogP contribution in [0.1, 0.15) is 4.88 Å². The molecule has 0 N–H and O–H groups in total. The van der Waals surface area contributed by atoms with E-state index in [0.29, 0.717) is 17.0 Å². The lowest BCUT2D eigenvalue weighted by Crippen LogP contribution is -2.34. The van der Waals surface area contributed by atoms with E-state index in [2.05, 4.69) is 0 Å². The molecule has 3 aromatic rings. The molecule has 0 bridgehead atoms. The number of benzene rings is 2. The standard InChI is InChI=1S/C21H16N2O2S/c1-22(15-9-4-2-5-10-15)19-18(17-13-8-14-26-17)20(24)23(21(19)25)16-11-6-3-7-12-16/h2-14H,1H3. The van der Waals surface area contributed by atoms with Crippen LogP contribution < -0.4 is 9.80 Å². The average molecular weight is 360 g/mol. The number of anilines is 2. The van der Waals surface area contributed by atoms with Gasteiger partial charge in [-0.05, 0) is 35.7 Å². The zero-order valence-electron chi connectivity index (χ0n) is 14.1. The molecule has 2 aromatic carbocycles. The molecule has 128 valence electrons. The monoisotopic (exact) mass is 360 g/mol. The Labute approximate surface area is 155 Å². The number of hydrogen-bond acceptors (Lipinski definition) is 4. The summed E-state index contributed by atoms with van der Waals surface area (Å²) in [6.07, 6.45) is 0. The van der Waals surface area contributed by atoms with E-state index in [1.54, 1.807) is 17.0 Å². The average Bonchev–Trinajstić information content (AvgIpc) is 3.29. The summed E-state index contributed by atoms with van der Waals surface area (Å²) < 4.78 is 0. The Morgan fingerprint density at radius 3 is 2.08 bits per heavy atom. The third-order valence-corrected chi connectivity index (χ3v) is 5.21. The Hall–Kier alpha value is -3.18. The van der Waals surface area contributed by atoms with Crippen molar-refractivity contribution in [1.82, 2.24) is 0 Å². The van der Waals surface area contributed by atoms with E-state index < -0.39 is 0 Å². The van der Waals surface area contributed by atoms with Gasteiger partial charge >= 0.3 is 0 Å². The number of likely N-dealkylation sites (N-methyl/N-ethyl adjacent to an activating group) is 1. The van der Waals surface area contributed by atoms with Crippen molar-refractivity contribution in [2.45, 2.75) is 0 Å². The lowest BCUT2D eigenvalue weighted by molar-refractivity contribution is -0.120. The van der Waals surface area contributed by atoms with E-state index in [1.165, 1.54) is 16.2 Å². The van der Waals surface area contributed by atoms with Gasteiger partial charge in [-0.3, -0.25) is 9.59 Å². The van der Waals surface area contributed by atoms with E-state index in [-0.39, 0.29) is 11.8 Å². The van der Waals surface area contributed by atoms with Crippen molar-refractivity contribution in [3.8, 4) is 0 Å². The molecule has 0 atom stereocenters. The molecule has 0 unspecified atom stereocenters. The maximum Gasteiger partial charge on any atom is 0.282 e. The number of imide groups is 1. The number of carbonyl (C=O) groups is 2. The number of nitrogens with zero attached hydrogens (tertiary/aromatic N) is 2. The van der Waals surface area contributed by atoms with E-state index in [1.807, 2.05) is 73.1 Å². The molecule has 5 heteroatoms. The molecule has 4 rings (SSSR count). The molecular formula is C21H16N2O2S. The second kappa shape index (κ2) is 6.61. The zero-order chi connectivity index (χ0) is 18.1. The molecule has 1 aliphatic rings.